The number of fused-ring (bicyclic) bond motifs is 3. The summed E-state index contributed by atoms with van der Waals surface area (Å²) in [5.41, 5.74) is 2.46. The molecule has 0 aliphatic heterocycles. The number of aromatic amines is 1. The highest BCUT2D eigenvalue weighted by atomic mass is 32.2. The highest BCUT2D eigenvalue weighted by molar-refractivity contribution is 7.87. The zero-order valence-corrected chi connectivity index (χ0v) is 15.0. The molecular weight excluding hydrogens is 340 g/mol. The first-order valence-corrected chi connectivity index (χ1v) is 9.87. The number of rotatable bonds is 5. The van der Waals surface area contributed by atoms with Crippen LogP contribution in [0.1, 0.15) is 26.2 Å². The summed E-state index contributed by atoms with van der Waals surface area (Å²) in [4.78, 5) is 12.0. The molecule has 0 atom stereocenters. The van der Waals surface area contributed by atoms with Crippen LogP contribution in [-0.4, -0.2) is 51.4 Å². The number of nitrogens with zero attached hydrogens (tertiary/aromatic N) is 4. The van der Waals surface area contributed by atoms with Crippen molar-refractivity contribution in [2.45, 2.75) is 37.3 Å². The minimum absolute atomic E-state index is 0.0341. The number of hydrogen-bond acceptors (Lipinski definition) is 4. The van der Waals surface area contributed by atoms with Crippen LogP contribution < -0.4 is 4.72 Å². The van der Waals surface area contributed by atoms with Gasteiger partial charge >= 0.3 is 0 Å². The van der Waals surface area contributed by atoms with Crippen LogP contribution in [0.5, 0.6) is 0 Å². The van der Waals surface area contributed by atoms with E-state index in [0.717, 1.165) is 41.3 Å². The summed E-state index contributed by atoms with van der Waals surface area (Å²) in [7, 11) is -1.81. The standard InChI is InChI=1S/C16H20N6O2S/c1-3-21(2)25(23,24)20-15-7-16(8-15,9-15)22-10-19-12-6-18-14-11(13(12)22)4-5-17-14/h4-6,10,20H,3,7-9H2,1-2H3,(H,17,18). The lowest BCUT2D eigenvalue weighted by atomic mass is 9.44. The van der Waals surface area contributed by atoms with Gasteiger partial charge in [-0.05, 0) is 25.3 Å². The average molecular weight is 360 g/mol. The van der Waals surface area contributed by atoms with E-state index in [1.54, 1.807) is 13.2 Å². The molecule has 0 aromatic carbocycles. The van der Waals surface area contributed by atoms with Crippen molar-refractivity contribution >= 4 is 32.3 Å². The first-order chi connectivity index (χ1) is 11.9. The second kappa shape index (κ2) is 4.60. The lowest BCUT2D eigenvalue weighted by Gasteiger charge is -2.70. The highest BCUT2D eigenvalue weighted by Crippen LogP contribution is 2.66. The van der Waals surface area contributed by atoms with E-state index >= 15 is 0 Å². The molecule has 3 saturated carbocycles. The van der Waals surface area contributed by atoms with Gasteiger partial charge in [0.2, 0.25) is 0 Å². The summed E-state index contributed by atoms with van der Waals surface area (Å²) in [5, 5.41) is 1.06. The molecule has 3 aromatic heterocycles. The number of aromatic nitrogens is 4. The van der Waals surface area contributed by atoms with Crippen LogP contribution in [0.2, 0.25) is 0 Å². The monoisotopic (exact) mass is 360 g/mol. The van der Waals surface area contributed by atoms with Crippen LogP contribution in [0.4, 0.5) is 0 Å². The third-order valence-corrected chi connectivity index (χ3v) is 7.58. The van der Waals surface area contributed by atoms with Crippen LogP contribution >= 0.6 is 0 Å². The van der Waals surface area contributed by atoms with Crippen LogP contribution in [0.15, 0.2) is 24.8 Å². The molecule has 25 heavy (non-hydrogen) atoms. The zero-order valence-electron chi connectivity index (χ0n) is 14.2. The van der Waals surface area contributed by atoms with Crippen molar-refractivity contribution in [3.05, 3.63) is 24.8 Å². The fourth-order valence-electron chi connectivity index (χ4n) is 4.49. The summed E-state index contributed by atoms with van der Waals surface area (Å²) >= 11 is 0. The predicted molar refractivity (Wildman–Crippen MR) is 94.3 cm³/mol. The molecule has 3 aromatic rings. The van der Waals surface area contributed by atoms with Gasteiger partial charge in [-0.25, -0.2) is 9.97 Å². The first-order valence-electron chi connectivity index (χ1n) is 8.43. The van der Waals surface area contributed by atoms with Crippen LogP contribution in [0.3, 0.4) is 0 Å². The molecule has 0 spiro atoms. The molecule has 2 bridgehead atoms. The maximum absolute atomic E-state index is 12.3. The van der Waals surface area contributed by atoms with Crippen molar-refractivity contribution < 1.29 is 8.42 Å². The maximum atomic E-state index is 12.3. The molecular formula is C16H20N6O2S. The second-order valence-corrected chi connectivity index (χ2v) is 9.18. The Balaban J connectivity index is 1.47. The average Bonchev–Trinajstić information content (AvgIpc) is 3.14. The summed E-state index contributed by atoms with van der Waals surface area (Å²) in [6.07, 6.45) is 7.94. The van der Waals surface area contributed by atoms with Crippen LogP contribution in [0, 0.1) is 0 Å². The number of hydrogen-bond donors (Lipinski definition) is 2. The van der Waals surface area contributed by atoms with Gasteiger partial charge in [0.1, 0.15) is 11.2 Å². The SMILES string of the molecule is CCN(C)S(=O)(=O)NC12CC(n3cnc4cnc5[nH]ccc5c43)(C1)C2. The second-order valence-electron chi connectivity index (χ2n) is 7.40. The largest absolute Gasteiger partial charge is 0.346 e. The Bertz CT molecular complexity index is 1080. The smallest absolute Gasteiger partial charge is 0.279 e. The van der Waals surface area contributed by atoms with Gasteiger partial charge in [-0.3, -0.25) is 0 Å². The van der Waals surface area contributed by atoms with Gasteiger partial charge in [-0.2, -0.15) is 17.4 Å². The van der Waals surface area contributed by atoms with E-state index in [4.69, 9.17) is 0 Å². The maximum Gasteiger partial charge on any atom is 0.279 e. The van der Waals surface area contributed by atoms with Crippen molar-refractivity contribution in [2.24, 2.45) is 0 Å². The van der Waals surface area contributed by atoms with E-state index < -0.39 is 10.2 Å². The summed E-state index contributed by atoms with van der Waals surface area (Å²) in [5.74, 6) is 0. The zero-order chi connectivity index (χ0) is 17.4. The van der Waals surface area contributed by atoms with Gasteiger partial charge in [0, 0.05) is 30.7 Å². The van der Waals surface area contributed by atoms with E-state index in [-0.39, 0.29) is 11.1 Å². The molecule has 2 N–H and O–H groups in total. The van der Waals surface area contributed by atoms with Gasteiger partial charge in [-0.15, -0.1) is 0 Å². The van der Waals surface area contributed by atoms with E-state index in [1.165, 1.54) is 4.31 Å². The fraction of sp³-hybridized carbons (Fsp3) is 0.500. The number of imidazole rings is 1. The molecule has 132 valence electrons. The Morgan fingerprint density at radius 1 is 1.36 bits per heavy atom. The molecule has 0 amide bonds. The molecule has 0 radical (unpaired) electrons. The van der Waals surface area contributed by atoms with Crippen molar-refractivity contribution in [3.8, 4) is 0 Å². The molecule has 8 nitrogen and oxygen atoms in total. The highest BCUT2D eigenvalue weighted by Gasteiger charge is 2.70. The molecule has 3 fully saturated rings. The quantitative estimate of drug-likeness (QED) is 0.717. The van der Waals surface area contributed by atoms with E-state index in [9.17, 15) is 8.42 Å². The van der Waals surface area contributed by atoms with E-state index in [2.05, 4.69) is 24.2 Å². The van der Waals surface area contributed by atoms with Gasteiger partial charge in [0.15, 0.2) is 0 Å². The van der Waals surface area contributed by atoms with E-state index in [1.807, 2.05) is 25.5 Å². The third kappa shape index (κ3) is 1.91. The van der Waals surface area contributed by atoms with Crippen molar-refractivity contribution in [2.75, 3.05) is 13.6 Å². The summed E-state index contributed by atoms with van der Waals surface area (Å²) in [6.45, 7) is 2.29. The third-order valence-electron chi connectivity index (χ3n) is 5.81. The topological polar surface area (TPSA) is 95.9 Å². The van der Waals surface area contributed by atoms with Gasteiger partial charge < -0.3 is 9.55 Å². The van der Waals surface area contributed by atoms with Gasteiger partial charge in [0.05, 0.1) is 23.6 Å². The molecule has 3 aliphatic carbocycles. The lowest BCUT2D eigenvalue weighted by Crippen LogP contribution is -2.79. The molecule has 0 saturated heterocycles. The van der Waals surface area contributed by atoms with E-state index in [0.29, 0.717) is 6.54 Å². The fourth-order valence-corrected chi connectivity index (χ4v) is 5.75. The number of pyridine rings is 1. The molecule has 9 heteroatoms. The normalized spacial score (nSPS) is 28.4. The Hall–Kier alpha value is -1.97. The molecule has 3 aliphatic rings. The van der Waals surface area contributed by atoms with Crippen molar-refractivity contribution in [3.63, 3.8) is 0 Å². The Kier molecular flexibility index (Phi) is 2.81. The minimum atomic E-state index is -3.41. The Morgan fingerprint density at radius 2 is 2.12 bits per heavy atom. The van der Waals surface area contributed by atoms with Gasteiger partial charge in [0.25, 0.3) is 10.2 Å². The Morgan fingerprint density at radius 3 is 2.84 bits per heavy atom. The van der Waals surface area contributed by atoms with Crippen LogP contribution in [-0.2, 0) is 15.7 Å². The number of nitrogens with one attached hydrogen (secondary N) is 2. The molecule has 3 heterocycles. The van der Waals surface area contributed by atoms with Crippen molar-refractivity contribution in [1.29, 1.82) is 0 Å². The Labute approximate surface area is 145 Å². The van der Waals surface area contributed by atoms with Crippen LogP contribution in [0.25, 0.3) is 22.1 Å². The molecule has 0 unspecified atom stereocenters. The minimum Gasteiger partial charge on any atom is -0.346 e. The summed E-state index contributed by atoms with van der Waals surface area (Å²) < 4.78 is 31.1. The number of H-pyrrole nitrogens is 1. The predicted octanol–water partition coefficient (Wildman–Crippen LogP) is 1.33. The lowest BCUT2D eigenvalue weighted by molar-refractivity contribution is -0.123. The summed E-state index contributed by atoms with van der Waals surface area (Å²) in [6, 6.07) is 2.02. The first kappa shape index (κ1) is 15.3. The van der Waals surface area contributed by atoms with Gasteiger partial charge in [-0.1, -0.05) is 6.92 Å². The van der Waals surface area contributed by atoms with Crippen molar-refractivity contribution in [1.82, 2.24) is 28.5 Å². The molecule has 6 rings (SSSR count).